The number of carbonyl (C=O) groups is 1. The molecular formula is C15H19N5O. The van der Waals surface area contributed by atoms with E-state index in [1.54, 1.807) is 6.20 Å². The van der Waals surface area contributed by atoms with Gasteiger partial charge in [0.2, 0.25) is 11.9 Å². The molecule has 6 nitrogen and oxygen atoms in total. The molecule has 0 radical (unpaired) electrons. The first-order valence-electron chi connectivity index (χ1n) is 6.77. The Morgan fingerprint density at radius 2 is 1.95 bits per heavy atom. The normalized spacial score (nSPS) is 10.3. The van der Waals surface area contributed by atoms with E-state index >= 15 is 0 Å². The minimum absolute atomic E-state index is 0.105. The van der Waals surface area contributed by atoms with E-state index in [9.17, 15) is 4.79 Å². The molecule has 1 aromatic carbocycles. The number of hydrogen-bond acceptors (Lipinski definition) is 5. The highest BCUT2D eigenvalue weighted by atomic mass is 16.1. The predicted octanol–water partition coefficient (Wildman–Crippen LogP) is 3.00. The van der Waals surface area contributed by atoms with Crippen molar-refractivity contribution in [1.29, 1.82) is 0 Å². The van der Waals surface area contributed by atoms with Crippen molar-refractivity contribution < 1.29 is 4.79 Å². The predicted molar refractivity (Wildman–Crippen MR) is 84.8 cm³/mol. The van der Waals surface area contributed by atoms with Crippen molar-refractivity contribution in [3.63, 3.8) is 0 Å². The number of rotatable bonds is 5. The van der Waals surface area contributed by atoms with Gasteiger partial charge < -0.3 is 16.0 Å². The smallest absolute Gasteiger partial charge is 0.229 e. The van der Waals surface area contributed by atoms with Gasteiger partial charge >= 0.3 is 0 Å². The Morgan fingerprint density at radius 1 is 1.19 bits per heavy atom. The third kappa shape index (κ3) is 4.76. The molecule has 0 atom stereocenters. The minimum Gasteiger partial charge on any atom is -0.368 e. The summed E-state index contributed by atoms with van der Waals surface area (Å²) in [5.41, 5.74) is 1.53. The second-order valence-corrected chi connectivity index (χ2v) is 4.95. The molecule has 0 saturated carbocycles. The fourth-order valence-corrected chi connectivity index (χ4v) is 1.80. The van der Waals surface area contributed by atoms with Crippen LogP contribution in [0.4, 0.5) is 23.1 Å². The van der Waals surface area contributed by atoms with E-state index in [-0.39, 0.29) is 5.91 Å². The van der Waals surface area contributed by atoms with Crippen LogP contribution in [-0.4, -0.2) is 21.9 Å². The van der Waals surface area contributed by atoms with Crippen molar-refractivity contribution in [3.8, 4) is 0 Å². The first-order valence-corrected chi connectivity index (χ1v) is 6.77. The summed E-state index contributed by atoms with van der Waals surface area (Å²) >= 11 is 0. The molecule has 110 valence electrons. The zero-order valence-electron chi connectivity index (χ0n) is 12.3. The van der Waals surface area contributed by atoms with Gasteiger partial charge in [0.15, 0.2) is 0 Å². The fourth-order valence-electron chi connectivity index (χ4n) is 1.80. The first kappa shape index (κ1) is 14.8. The number of aromatic nitrogens is 2. The number of amides is 1. The molecule has 0 unspecified atom stereocenters. The van der Waals surface area contributed by atoms with E-state index in [1.807, 2.05) is 44.2 Å². The van der Waals surface area contributed by atoms with Crippen LogP contribution in [0.5, 0.6) is 0 Å². The second-order valence-electron chi connectivity index (χ2n) is 4.95. The van der Waals surface area contributed by atoms with E-state index < -0.39 is 0 Å². The number of nitrogens with zero attached hydrogens (tertiary/aromatic N) is 2. The van der Waals surface area contributed by atoms with E-state index in [4.69, 9.17) is 0 Å². The number of hydrogen-bond donors (Lipinski definition) is 3. The van der Waals surface area contributed by atoms with E-state index in [2.05, 4.69) is 25.9 Å². The van der Waals surface area contributed by atoms with E-state index in [0.717, 1.165) is 17.2 Å². The largest absolute Gasteiger partial charge is 0.368 e. The van der Waals surface area contributed by atoms with Crippen molar-refractivity contribution in [3.05, 3.63) is 36.5 Å². The molecule has 1 amide bonds. The molecule has 21 heavy (non-hydrogen) atoms. The highest BCUT2D eigenvalue weighted by molar-refractivity contribution is 5.89. The van der Waals surface area contributed by atoms with Crippen LogP contribution in [0.1, 0.15) is 20.8 Å². The number of carbonyl (C=O) groups excluding carboxylic acids is 1. The van der Waals surface area contributed by atoms with Crippen LogP contribution < -0.4 is 16.0 Å². The maximum Gasteiger partial charge on any atom is 0.229 e. The zero-order chi connectivity index (χ0) is 15.2. The summed E-state index contributed by atoms with van der Waals surface area (Å²) in [5, 5.41) is 9.07. The number of anilines is 4. The lowest BCUT2D eigenvalue weighted by Gasteiger charge is -2.11. The Hall–Kier alpha value is -2.63. The Balaban J connectivity index is 2.12. The summed E-state index contributed by atoms with van der Waals surface area (Å²) in [6.07, 6.45) is 1.69. The Morgan fingerprint density at radius 3 is 2.67 bits per heavy atom. The van der Waals surface area contributed by atoms with Gasteiger partial charge in [0, 0.05) is 30.5 Å². The van der Waals surface area contributed by atoms with Crippen LogP contribution in [0.15, 0.2) is 36.5 Å². The average Bonchev–Trinajstić information content (AvgIpc) is 2.37. The summed E-state index contributed by atoms with van der Waals surface area (Å²) in [6.45, 7) is 5.57. The molecular weight excluding hydrogens is 266 g/mol. The van der Waals surface area contributed by atoms with Gasteiger partial charge in [-0.2, -0.15) is 4.98 Å². The van der Waals surface area contributed by atoms with Crippen molar-refractivity contribution >= 4 is 29.0 Å². The SMILES string of the molecule is CC(=O)Nc1cccc(Nc2nccc(NC(C)C)n2)c1. The third-order valence-corrected chi connectivity index (χ3v) is 2.53. The van der Waals surface area contributed by atoms with E-state index in [1.165, 1.54) is 6.92 Å². The van der Waals surface area contributed by atoms with Gasteiger partial charge in [0.1, 0.15) is 5.82 Å². The summed E-state index contributed by atoms with van der Waals surface area (Å²) in [6, 6.07) is 9.51. The Labute approximate surface area is 124 Å². The molecule has 1 heterocycles. The van der Waals surface area contributed by atoms with Crippen molar-refractivity contribution in [2.75, 3.05) is 16.0 Å². The number of nitrogens with one attached hydrogen (secondary N) is 3. The fraction of sp³-hybridized carbons (Fsp3) is 0.267. The van der Waals surface area contributed by atoms with Crippen LogP contribution in [0, 0.1) is 0 Å². The quantitative estimate of drug-likeness (QED) is 0.787. The second kappa shape index (κ2) is 6.69. The van der Waals surface area contributed by atoms with Crippen LogP contribution in [0.25, 0.3) is 0 Å². The van der Waals surface area contributed by atoms with Crippen molar-refractivity contribution in [2.45, 2.75) is 26.8 Å². The lowest BCUT2D eigenvalue weighted by molar-refractivity contribution is -0.114. The molecule has 2 rings (SSSR count). The van der Waals surface area contributed by atoms with Gasteiger partial charge in [0.05, 0.1) is 0 Å². The first-order chi connectivity index (χ1) is 10.0. The summed E-state index contributed by atoms with van der Waals surface area (Å²) < 4.78 is 0. The van der Waals surface area contributed by atoms with Gasteiger partial charge in [-0.3, -0.25) is 4.79 Å². The molecule has 2 aromatic rings. The molecule has 0 fully saturated rings. The highest BCUT2D eigenvalue weighted by Crippen LogP contribution is 2.18. The van der Waals surface area contributed by atoms with Crippen LogP contribution in [-0.2, 0) is 4.79 Å². The molecule has 0 aliphatic heterocycles. The summed E-state index contributed by atoms with van der Waals surface area (Å²) in [5.74, 6) is 1.16. The molecule has 0 spiro atoms. The minimum atomic E-state index is -0.105. The lowest BCUT2D eigenvalue weighted by Crippen LogP contribution is -2.11. The molecule has 0 saturated heterocycles. The van der Waals surface area contributed by atoms with Gasteiger partial charge in [-0.1, -0.05) is 6.07 Å². The summed E-state index contributed by atoms with van der Waals surface area (Å²) in [4.78, 5) is 19.6. The van der Waals surface area contributed by atoms with Gasteiger partial charge in [-0.15, -0.1) is 0 Å². The van der Waals surface area contributed by atoms with Crippen LogP contribution >= 0.6 is 0 Å². The standard InChI is InChI=1S/C15H19N5O/c1-10(2)17-14-7-8-16-15(20-14)19-13-6-4-5-12(9-13)18-11(3)21/h4-10H,1-3H3,(H,18,21)(H2,16,17,19,20). The maximum absolute atomic E-state index is 11.1. The number of benzene rings is 1. The van der Waals surface area contributed by atoms with Gasteiger partial charge in [-0.05, 0) is 38.1 Å². The monoisotopic (exact) mass is 285 g/mol. The highest BCUT2D eigenvalue weighted by Gasteiger charge is 2.02. The van der Waals surface area contributed by atoms with Gasteiger partial charge in [-0.25, -0.2) is 4.98 Å². The van der Waals surface area contributed by atoms with Gasteiger partial charge in [0.25, 0.3) is 0 Å². The molecule has 3 N–H and O–H groups in total. The molecule has 0 aliphatic rings. The zero-order valence-corrected chi connectivity index (χ0v) is 12.3. The van der Waals surface area contributed by atoms with Crippen LogP contribution in [0.2, 0.25) is 0 Å². The third-order valence-electron chi connectivity index (χ3n) is 2.53. The van der Waals surface area contributed by atoms with E-state index in [0.29, 0.717) is 12.0 Å². The molecule has 1 aromatic heterocycles. The lowest BCUT2D eigenvalue weighted by atomic mass is 10.2. The average molecular weight is 285 g/mol. The van der Waals surface area contributed by atoms with Crippen molar-refractivity contribution in [2.24, 2.45) is 0 Å². The molecule has 0 aliphatic carbocycles. The van der Waals surface area contributed by atoms with Crippen molar-refractivity contribution in [1.82, 2.24) is 9.97 Å². The summed E-state index contributed by atoms with van der Waals surface area (Å²) in [7, 11) is 0. The maximum atomic E-state index is 11.1. The Kier molecular flexibility index (Phi) is 4.71. The molecule has 0 bridgehead atoms. The molecule has 6 heteroatoms. The van der Waals surface area contributed by atoms with Crippen LogP contribution in [0.3, 0.4) is 0 Å². The Bertz CT molecular complexity index is 627. The topological polar surface area (TPSA) is 78.9 Å².